The maximum Gasteiger partial charge on any atom is 0.189 e. The molecule has 27 heavy (non-hydrogen) atoms. The highest BCUT2D eigenvalue weighted by molar-refractivity contribution is 9.10. The Morgan fingerprint density at radius 1 is 1.04 bits per heavy atom. The van der Waals surface area contributed by atoms with Crippen LogP contribution in [0.4, 0.5) is 11.6 Å². The topological polar surface area (TPSA) is 75.9 Å². The van der Waals surface area contributed by atoms with Crippen LogP contribution in [0.2, 0.25) is 0 Å². The molecular weight excluding hydrogens is 428 g/mol. The fourth-order valence-corrected chi connectivity index (χ4v) is 3.81. The van der Waals surface area contributed by atoms with E-state index in [4.69, 9.17) is 0 Å². The SMILES string of the molecule is CSc1ncc(Br)c(N2CCN(c3cc(-n4cccn4)nc(C)n3)CC2)n1. The third kappa shape index (κ3) is 3.91. The van der Waals surface area contributed by atoms with E-state index in [1.165, 1.54) is 0 Å². The Bertz CT molecular complexity index is 925. The second kappa shape index (κ2) is 7.81. The maximum absolute atomic E-state index is 4.65. The van der Waals surface area contributed by atoms with Crippen molar-refractivity contribution in [1.82, 2.24) is 29.7 Å². The third-order valence-electron chi connectivity index (χ3n) is 4.34. The molecule has 1 aliphatic rings. The van der Waals surface area contributed by atoms with E-state index >= 15 is 0 Å². The zero-order chi connectivity index (χ0) is 18.8. The monoisotopic (exact) mass is 446 g/mol. The fraction of sp³-hybridized carbons (Fsp3) is 0.353. The minimum absolute atomic E-state index is 0.739. The maximum atomic E-state index is 4.65. The molecule has 0 N–H and O–H groups in total. The van der Waals surface area contributed by atoms with Crippen LogP contribution in [0.25, 0.3) is 5.82 Å². The summed E-state index contributed by atoms with van der Waals surface area (Å²) in [4.78, 5) is 22.6. The van der Waals surface area contributed by atoms with Crippen LogP contribution in [0.15, 0.2) is 40.4 Å². The zero-order valence-corrected chi connectivity index (χ0v) is 17.5. The number of rotatable bonds is 4. The lowest BCUT2D eigenvalue weighted by Gasteiger charge is -2.36. The molecule has 0 aliphatic carbocycles. The molecule has 1 saturated heterocycles. The van der Waals surface area contributed by atoms with Crippen molar-refractivity contribution in [2.75, 3.05) is 42.2 Å². The Morgan fingerprint density at radius 3 is 2.48 bits per heavy atom. The number of hydrogen-bond donors (Lipinski definition) is 0. The molecule has 10 heteroatoms. The van der Waals surface area contributed by atoms with Crippen LogP contribution in [0, 0.1) is 6.92 Å². The van der Waals surface area contributed by atoms with Crippen molar-refractivity contribution in [2.45, 2.75) is 12.1 Å². The Hall–Kier alpha value is -2.20. The molecule has 0 spiro atoms. The zero-order valence-electron chi connectivity index (χ0n) is 15.1. The lowest BCUT2D eigenvalue weighted by Crippen LogP contribution is -2.47. The molecule has 0 bridgehead atoms. The summed E-state index contributed by atoms with van der Waals surface area (Å²) in [7, 11) is 0. The summed E-state index contributed by atoms with van der Waals surface area (Å²) in [5, 5.41) is 5.05. The van der Waals surface area contributed by atoms with Gasteiger partial charge in [0.1, 0.15) is 17.5 Å². The smallest absolute Gasteiger partial charge is 0.189 e. The fourth-order valence-electron chi connectivity index (χ4n) is 3.03. The summed E-state index contributed by atoms with van der Waals surface area (Å²) in [5.74, 6) is 3.40. The van der Waals surface area contributed by atoms with E-state index in [1.807, 2.05) is 37.7 Å². The number of nitrogens with zero attached hydrogens (tertiary/aromatic N) is 8. The Morgan fingerprint density at radius 2 is 1.78 bits per heavy atom. The van der Waals surface area contributed by atoms with Crippen molar-refractivity contribution >= 4 is 39.3 Å². The van der Waals surface area contributed by atoms with Gasteiger partial charge in [-0.15, -0.1) is 0 Å². The van der Waals surface area contributed by atoms with Crippen molar-refractivity contribution < 1.29 is 0 Å². The number of aromatic nitrogens is 6. The standard InChI is InChI=1S/C17H19BrN8S/c1-12-21-14(10-15(22-12)26-5-3-4-20-26)24-6-8-25(9-7-24)16-13(18)11-19-17(23-16)27-2/h3-5,10-11H,6-9H2,1-2H3. The van der Waals surface area contributed by atoms with Gasteiger partial charge in [-0.1, -0.05) is 11.8 Å². The molecule has 1 aliphatic heterocycles. The van der Waals surface area contributed by atoms with Crippen molar-refractivity contribution in [3.8, 4) is 5.82 Å². The lowest BCUT2D eigenvalue weighted by molar-refractivity contribution is 0.634. The summed E-state index contributed by atoms with van der Waals surface area (Å²) >= 11 is 5.13. The minimum atomic E-state index is 0.739. The minimum Gasteiger partial charge on any atom is -0.353 e. The highest BCUT2D eigenvalue weighted by Crippen LogP contribution is 2.27. The van der Waals surface area contributed by atoms with Crippen LogP contribution in [0.5, 0.6) is 0 Å². The average Bonchev–Trinajstić information content (AvgIpc) is 3.23. The van der Waals surface area contributed by atoms with Crippen LogP contribution in [0.3, 0.4) is 0 Å². The molecule has 3 aromatic rings. The second-order valence-corrected chi connectivity index (χ2v) is 7.71. The molecule has 8 nitrogen and oxygen atoms in total. The normalized spacial score (nSPS) is 14.6. The van der Waals surface area contributed by atoms with E-state index in [1.54, 1.807) is 22.6 Å². The van der Waals surface area contributed by atoms with E-state index in [9.17, 15) is 0 Å². The van der Waals surface area contributed by atoms with E-state index in [0.717, 1.165) is 59.1 Å². The van der Waals surface area contributed by atoms with Crippen molar-refractivity contribution in [3.05, 3.63) is 41.0 Å². The van der Waals surface area contributed by atoms with Gasteiger partial charge in [0.25, 0.3) is 0 Å². The highest BCUT2D eigenvalue weighted by atomic mass is 79.9. The Labute approximate surface area is 170 Å². The number of hydrogen-bond acceptors (Lipinski definition) is 8. The summed E-state index contributed by atoms with van der Waals surface area (Å²) < 4.78 is 2.68. The largest absolute Gasteiger partial charge is 0.353 e. The molecule has 1 fully saturated rings. The Kier molecular flexibility index (Phi) is 5.26. The molecule has 4 heterocycles. The summed E-state index contributed by atoms with van der Waals surface area (Å²) in [6.07, 6.45) is 7.45. The number of aryl methyl sites for hydroxylation is 1. The van der Waals surface area contributed by atoms with Crippen LogP contribution in [-0.4, -0.2) is 62.2 Å². The lowest BCUT2D eigenvalue weighted by atomic mass is 10.3. The van der Waals surface area contributed by atoms with Gasteiger partial charge in [0.15, 0.2) is 11.0 Å². The number of anilines is 2. The number of piperazine rings is 1. The molecule has 0 radical (unpaired) electrons. The first-order valence-corrected chi connectivity index (χ1v) is 10.6. The van der Waals surface area contributed by atoms with Crippen LogP contribution < -0.4 is 9.80 Å². The van der Waals surface area contributed by atoms with Gasteiger partial charge in [-0.25, -0.2) is 24.6 Å². The molecular formula is C17H19BrN8S. The summed E-state index contributed by atoms with van der Waals surface area (Å²) in [6.45, 7) is 5.36. The van der Waals surface area contributed by atoms with Crippen LogP contribution >= 0.6 is 27.7 Å². The third-order valence-corrected chi connectivity index (χ3v) is 5.46. The van der Waals surface area contributed by atoms with Crippen LogP contribution in [-0.2, 0) is 0 Å². The molecule has 4 rings (SSSR count). The summed E-state index contributed by atoms with van der Waals surface area (Å²) in [5.41, 5.74) is 0. The molecule has 0 saturated carbocycles. The van der Waals surface area contributed by atoms with E-state index < -0.39 is 0 Å². The van der Waals surface area contributed by atoms with Gasteiger partial charge < -0.3 is 9.80 Å². The van der Waals surface area contributed by atoms with Gasteiger partial charge in [0.05, 0.1) is 4.47 Å². The quantitative estimate of drug-likeness (QED) is 0.446. The van der Waals surface area contributed by atoms with Crippen molar-refractivity contribution in [2.24, 2.45) is 0 Å². The molecule has 0 amide bonds. The average molecular weight is 447 g/mol. The summed E-state index contributed by atoms with van der Waals surface area (Å²) in [6, 6.07) is 3.88. The highest BCUT2D eigenvalue weighted by Gasteiger charge is 2.22. The second-order valence-electron chi connectivity index (χ2n) is 6.08. The molecule has 0 atom stereocenters. The molecule has 140 valence electrons. The Balaban J connectivity index is 1.51. The van der Waals surface area contributed by atoms with E-state index in [0.29, 0.717) is 0 Å². The van der Waals surface area contributed by atoms with E-state index in [-0.39, 0.29) is 0 Å². The predicted octanol–water partition coefficient (Wildman–Crippen LogP) is 2.57. The molecule has 0 aromatic carbocycles. The van der Waals surface area contributed by atoms with Gasteiger partial charge in [-0.2, -0.15) is 5.10 Å². The van der Waals surface area contributed by atoms with Gasteiger partial charge in [0, 0.05) is 50.8 Å². The first kappa shape index (κ1) is 18.2. The van der Waals surface area contributed by atoms with Gasteiger partial charge >= 0.3 is 0 Å². The van der Waals surface area contributed by atoms with Gasteiger partial charge in [0.2, 0.25) is 0 Å². The first-order valence-electron chi connectivity index (χ1n) is 8.56. The molecule has 0 unspecified atom stereocenters. The molecule has 3 aromatic heterocycles. The van der Waals surface area contributed by atoms with Crippen LogP contribution in [0.1, 0.15) is 5.82 Å². The number of halogens is 1. The van der Waals surface area contributed by atoms with Gasteiger partial charge in [-0.05, 0) is 35.2 Å². The predicted molar refractivity (Wildman–Crippen MR) is 110 cm³/mol. The van der Waals surface area contributed by atoms with Crippen molar-refractivity contribution in [3.63, 3.8) is 0 Å². The first-order chi connectivity index (χ1) is 13.1. The van der Waals surface area contributed by atoms with Gasteiger partial charge in [-0.3, -0.25) is 0 Å². The number of thioether (sulfide) groups is 1. The van der Waals surface area contributed by atoms with Crippen molar-refractivity contribution in [1.29, 1.82) is 0 Å². The van der Waals surface area contributed by atoms with E-state index in [2.05, 4.69) is 50.8 Å².